The summed E-state index contributed by atoms with van der Waals surface area (Å²) >= 11 is 0. The van der Waals surface area contributed by atoms with Crippen LogP contribution in [-0.4, -0.2) is 29.2 Å². The molecule has 0 aliphatic carbocycles. The van der Waals surface area contributed by atoms with Crippen molar-refractivity contribution in [2.75, 3.05) is 19.7 Å². The van der Waals surface area contributed by atoms with Crippen molar-refractivity contribution in [1.82, 2.24) is 14.9 Å². The quantitative estimate of drug-likeness (QED) is 0.851. The van der Waals surface area contributed by atoms with Crippen LogP contribution in [0.1, 0.15) is 38.4 Å². The molecule has 1 atom stereocenters. The summed E-state index contributed by atoms with van der Waals surface area (Å²) < 4.78 is 7.97. The number of piperidine rings is 1. The van der Waals surface area contributed by atoms with Gasteiger partial charge in [0, 0.05) is 12.6 Å². The number of nitrogens with one attached hydrogen (secondary N) is 1. The highest BCUT2D eigenvalue weighted by Gasteiger charge is 2.13. The first-order chi connectivity index (χ1) is 8.27. The van der Waals surface area contributed by atoms with E-state index in [9.17, 15) is 0 Å². The molecule has 1 saturated heterocycles. The maximum atomic E-state index is 5.81. The Morgan fingerprint density at radius 3 is 3.18 bits per heavy atom. The molecule has 2 rings (SSSR count). The van der Waals surface area contributed by atoms with Crippen LogP contribution in [0.2, 0.25) is 0 Å². The van der Waals surface area contributed by atoms with Crippen LogP contribution in [0.25, 0.3) is 0 Å². The van der Waals surface area contributed by atoms with Gasteiger partial charge in [-0.15, -0.1) is 0 Å². The van der Waals surface area contributed by atoms with Gasteiger partial charge in [-0.25, -0.2) is 4.98 Å². The molecular formula is C13H23N3O. The molecule has 1 N–H and O–H groups in total. The van der Waals surface area contributed by atoms with Crippen LogP contribution in [-0.2, 0) is 11.3 Å². The van der Waals surface area contributed by atoms with Gasteiger partial charge in [0.1, 0.15) is 0 Å². The molecule has 1 unspecified atom stereocenters. The van der Waals surface area contributed by atoms with Crippen molar-refractivity contribution in [2.24, 2.45) is 5.92 Å². The van der Waals surface area contributed by atoms with Crippen molar-refractivity contribution in [3.8, 4) is 0 Å². The SMILES string of the molecule is CC(C)n1cncc1COCC1CCCNC1. The Morgan fingerprint density at radius 2 is 2.47 bits per heavy atom. The van der Waals surface area contributed by atoms with E-state index in [0.717, 1.165) is 19.7 Å². The van der Waals surface area contributed by atoms with Crippen molar-refractivity contribution < 1.29 is 4.74 Å². The van der Waals surface area contributed by atoms with E-state index in [4.69, 9.17) is 4.74 Å². The highest BCUT2D eigenvalue weighted by Crippen LogP contribution is 2.13. The number of nitrogens with zero attached hydrogens (tertiary/aromatic N) is 2. The third-order valence-electron chi connectivity index (χ3n) is 3.31. The van der Waals surface area contributed by atoms with Crippen LogP contribution < -0.4 is 5.32 Å². The Kier molecular flexibility index (Phi) is 4.57. The van der Waals surface area contributed by atoms with E-state index in [1.165, 1.54) is 18.5 Å². The Labute approximate surface area is 103 Å². The number of hydrogen-bond acceptors (Lipinski definition) is 3. The molecule has 1 aromatic heterocycles. The summed E-state index contributed by atoms with van der Waals surface area (Å²) in [5, 5.41) is 3.41. The molecule has 0 saturated carbocycles. The van der Waals surface area contributed by atoms with Gasteiger partial charge in [-0.3, -0.25) is 0 Å². The molecule has 96 valence electrons. The highest BCUT2D eigenvalue weighted by atomic mass is 16.5. The molecule has 17 heavy (non-hydrogen) atoms. The topological polar surface area (TPSA) is 39.1 Å². The van der Waals surface area contributed by atoms with E-state index in [2.05, 4.69) is 28.7 Å². The zero-order valence-corrected chi connectivity index (χ0v) is 10.9. The Hall–Kier alpha value is -0.870. The van der Waals surface area contributed by atoms with Crippen LogP contribution in [0.15, 0.2) is 12.5 Å². The number of ether oxygens (including phenoxy) is 1. The summed E-state index contributed by atoms with van der Waals surface area (Å²) in [7, 11) is 0. The summed E-state index contributed by atoms with van der Waals surface area (Å²) in [5.41, 5.74) is 1.17. The van der Waals surface area contributed by atoms with Crippen molar-refractivity contribution >= 4 is 0 Å². The van der Waals surface area contributed by atoms with E-state index < -0.39 is 0 Å². The molecule has 4 heteroatoms. The second-order valence-electron chi connectivity index (χ2n) is 5.11. The summed E-state index contributed by atoms with van der Waals surface area (Å²) in [4.78, 5) is 4.18. The van der Waals surface area contributed by atoms with Gasteiger partial charge in [-0.05, 0) is 39.2 Å². The van der Waals surface area contributed by atoms with E-state index in [-0.39, 0.29) is 0 Å². The first-order valence-electron chi connectivity index (χ1n) is 6.56. The van der Waals surface area contributed by atoms with Gasteiger partial charge in [0.15, 0.2) is 0 Å². The van der Waals surface area contributed by atoms with Gasteiger partial charge in [0.2, 0.25) is 0 Å². The molecule has 1 aliphatic heterocycles. The molecule has 0 radical (unpaired) electrons. The second kappa shape index (κ2) is 6.17. The van der Waals surface area contributed by atoms with E-state index in [0.29, 0.717) is 18.6 Å². The fraction of sp³-hybridized carbons (Fsp3) is 0.769. The van der Waals surface area contributed by atoms with Crippen molar-refractivity contribution in [3.05, 3.63) is 18.2 Å². The van der Waals surface area contributed by atoms with Gasteiger partial charge in [-0.1, -0.05) is 0 Å². The van der Waals surface area contributed by atoms with Crippen LogP contribution in [0, 0.1) is 5.92 Å². The second-order valence-corrected chi connectivity index (χ2v) is 5.11. The largest absolute Gasteiger partial charge is 0.375 e. The highest BCUT2D eigenvalue weighted by molar-refractivity contribution is 4.97. The normalized spacial score (nSPS) is 21.0. The molecule has 1 fully saturated rings. The minimum atomic E-state index is 0.451. The minimum absolute atomic E-state index is 0.451. The van der Waals surface area contributed by atoms with Gasteiger partial charge in [0.25, 0.3) is 0 Å². The summed E-state index contributed by atoms with van der Waals surface area (Å²) in [6.07, 6.45) is 6.35. The van der Waals surface area contributed by atoms with Gasteiger partial charge >= 0.3 is 0 Å². The van der Waals surface area contributed by atoms with Crippen LogP contribution >= 0.6 is 0 Å². The fourth-order valence-electron chi connectivity index (χ4n) is 2.31. The number of aromatic nitrogens is 2. The summed E-state index contributed by atoms with van der Waals surface area (Å²) in [6, 6.07) is 0.451. The maximum absolute atomic E-state index is 5.81. The van der Waals surface area contributed by atoms with Crippen LogP contribution in [0.4, 0.5) is 0 Å². The first-order valence-corrected chi connectivity index (χ1v) is 6.56. The predicted molar refractivity (Wildman–Crippen MR) is 67.9 cm³/mol. The number of rotatable bonds is 5. The zero-order valence-electron chi connectivity index (χ0n) is 10.9. The molecular weight excluding hydrogens is 214 g/mol. The zero-order chi connectivity index (χ0) is 12.1. The molecule has 0 aromatic carbocycles. The third kappa shape index (κ3) is 3.54. The lowest BCUT2D eigenvalue weighted by Gasteiger charge is -2.22. The fourth-order valence-corrected chi connectivity index (χ4v) is 2.31. The molecule has 0 amide bonds. The number of hydrogen-bond donors (Lipinski definition) is 1. The van der Waals surface area contributed by atoms with Crippen molar-refractivity contribution in [3.63, 3.8) is 0 Å². The van der Waals surface area contributed by atoms with Crippen molar-refractivity contribution in [2.45, 2.75) is 39.3 Å². The van der Waals surface area contributed by atoms with E-state index >= 15 is 0 Å². The van der Waals surface area contributed by atoms with Gasteiger partial charge in [0.05, 0.1) is 31.4 Å². The monoisotopic (exact) mass is 237 g/mol. The van der Waals surface area contributed by atoms with Crippen LogP contribution in [0.3, 0.4) is 0 Å². The minimum Gasteiger partial charge on any atom is -0.375 e. The Bertz CT molecular complexity index is 329. The Morgan fingerprint density at radius 1 is 1.59 bits per heavy atom. The standard InChI is InChI=1S/C13H23N3O/c1-11(2)16-10-15-7-13(16)9-17-8-12-4-3-5-14-6-12/h7,10-12,14H,3-6,8-9H2,1-2H3. The van der Waals surface area contributed by atoms with Gasteiger partial charge in [-0.2, -0.15) is 0 Å². The van der Waals surface area contributed by atoms with E-state index in [1.54, 1.807) is 0 Å². The van der Waals surface area contributed by atoms with E-state index in [1.807, 2.05) is 12.5 Å². The molecule has 2 heterocycles. The van der Waals surface area contributed by atoms with Crippen molar-refractivity contribution in [1.29, 1.82) is 0 Å². The molecule has 1 aliphatic rings. The smallest absolute Gasteiger partial charge is 0.0951 e. The number of imidazole rings is 1. The lowest BCUT2D eigenvalue weighted by molar-refractivity contribution is 0.0741. The average molecular weight is 237 g/mol. The molecule has 0 bridgehead atoms. The lowest BCUT2D eigenvalue weighted by Crippen LogP contribution is -2.32. The predicted octanol–water partition coefficient (Wildman–Crippen LogP) is 1.98. The van der Waals surface area contributed by atoms with Gasteiger partial charge < -0.3 is 14.6 Å². The van der Waals surface area contributed by atoms with Crippen LogP contribution in [0.5, 0.6) is 0 Å². The molecule has 4 nitrogen and oxygen atoms in total. The maximum Gasteiger partial charge on any atom is 0.0951 e. The average Bonchev–Trinajstić information content (AvgIpc) is 2.79. The summed E-state index contributed by atoms with van der Waals surface area (Å²) in [5.74, 6) is 0.680. The molecule has 1 aromatic rings. The Balaban J connectivity index is 1.75. The lowest BCUT2D eigenvalue weighted by atomic mass is 10.0. The summed E-state index contributed by atoms with van der Waals surface area (Å²) in [6.45, 7) is 8.12. The third-order valence-corrected chi connectivity index (χ3v) is 3.31. The first kappa shape index (κ1) is 12.6. The molecule has 0 spiro atoms.